The van der Waals surface area contributed by atoms with Crippen LogP contribution in [0.15, 0.2) is 11.6 Å². The molecule has 0 amide bonds. The molecule has 0 aromatic heterocycles. The van der Waals surface area contributed by atoms with Gasteiger partial charge in [0.1, 0.15) is 0 Å². The van der Waals surface area contributed by atoms with Gasteiger partial charge in [-0.3, -0.25) is 0 Å². The van der Waals surface area contributed by atoms with E-state index in [2.05, 4.69) is 17.0 Å². The molecule has 0 saturated heterocycles. The van der Waals surface area contributed by atoms with E-state index in [1.807, 2.05) is 6.08 Å². The Morgan fingerprint density at radius 1 is 1.44 bits per heavy atom. The Kier molecular flexibility index (Phi) is 8.85. The zero-order valence-electron chi connectivity index (χ0n) is 10.7. The highest BCUT2D eigenvalue weighted by molar-refractivity contribution is 5.87. The first-order valence-corrected chi connectivity index (χ1v) is 5.63. The molecule has 0 aromatic rings. The molecular formula is C12H23NO3. The van der Waals surface area contributed by atoms with Crippen LogP contribution in [0.2, 0.25) is 0 Å². The lowest BCUT2D eigenvalue weighted by molar-refractivity contribution is -0.136. The van der Waals surface area contributed by atoms with E-state index < -0.39 is 0 Å². The van der Waals surface area contributed by atoms with Gasteiger partial charge in [-0.2, -0.15) is 0 Å². The second-order valence-electron chi connectivity index (χ2n) is 3.73. The minimum Gasteiger partial charge on any atom is -0.466 e. The van der Waals surface area contributed by atoms with Crippen molar-refractivity contribution in [2.75, 3.05) is 27.4 Å². The largest absolute Gasteiger partial charge is 0.466 e. The summed E-state index contributed by atoms with van der Waals surface area (Å²) in [5, 5.41) is 3.32. The number of nitrogens with one attached hydrogen (secondary N) is 1. The molecule has 0 radical (unpaired) electrons. The molecule has 4 nitrogen and oxygen atoms in total. The first kappa shape index (κ1) is 15.1. The predicted molar refractivity (Wildman–Crippen MR) is 64.3 cm³/mol. The van der Waals surface area contributed by atoms with Crippen LogP contribution in [0.25, 0.3) is 0 Å². The lowest BCUT2D eigenvalue weighted by Crippen LogP contribution is -2.33. The van der Waals surface area contributed by atoms with Crippen LogP contribution >= 0.6 is 0 Å². The smallest absolute Gasteiger partial charge is 0.333 e. The predicted octanol–water partition coefficient (Wildman–Crippen LogP) is 1.51. The lowest BCUT2D eigenvalue weighted by atomic mass is 10.2. The quantitative estimate of drug-likeness (QED) is 0.506. The van der Waals surface area contributed by atoms with Crippen LogP contribution in [0.3, 0.4) is 0 Å². The summed E-state index contributed by atoms with van der Waals surface area (Å²) in [6, 6.07) is 0.344. The van der Waals surface area contributed by atoms with Crippen molar-refractivity contribution >= 4 is 5.97 Å². The number of ether oxygens (including phenoxy) is 2. The van der Waals surface area contributed by atoms with Gasteiger partial charge in [-0.05, 0) is 13.3 Å². The minimum absolute atomic E-state index is 0.277. The highest BCUT2D eigenvalue weighted by Crippen LogP contribution is 1.98. The fraction of sp³-hybridized carbons (Fsp3) is 0.750. The van der Waals surface area contributed by atoms with E-state index >= 15 is 0 Å². The number of methoxy groups -OCH3 is 2. The maximum atomic E-state index is 11.1. The van der Waals surface area contributed by atoms with Crippen LogP contribution in [-0.2, 0) is 14.3 Å². The first-order chi connectivity index (χ1) is 7.65. The summed E-state index contributed by atoms with van der Waals surface area (Å²) in [6.07, 6.45) is 4.02. The maximum absolute atomic E-state index is 11.1. The second-order valence-corrected chi connectivity index (χ2v) is 3.73. The number of hydrogen-bond donors (Lipinski definition) is 1. The summed E-state index contributed by atoms with van der Waals surface area (Å²) in [5.41, 5.74) is 0.627. The van der Waals surface area contributed by atoms with E-state index in [9.17, 15) is 4.79 Å². The third-order valence-corrected chi connectivity index (χ3v) is 2.33. The summed E-state index contributed by atoms with van der Waals surface area (Å²) >= 11 is 0. The van der Waals surface area contributed by atoms with Crippen molar-refractivity contribution in [1.82, 2.24) is 5.32 Å². The van der Waals surface area contributed by atoms with Gasteiger partial charge in [-0.15, -0.1) is 0 Å². The van der Waals surface area contributed by atoms with Crippen LogP contribution in [-0.4, -0.2) is 39.4 Å². The minimum atomic E-state index is -0.277. The molecular weight excluding hydrogens is 206 g/mol. The van der Waals surface area contributed by atoms with E-state index in [1.54, 1.807) is 14.0 Å². The van der Waals surface area contributed by atoms with E-state index in [4.69, 9.17) is 4.74 Å². The van der Waals surface area contributed by atoms with Gasteiger partial charge in [0, 0.05) is 25.3 Å². The Morgan fingerprint density at radius 3 is 2.62 bits per heavy atom. The van der Waals surface area contributed by atoms with Crippen LogP contribution in [0.4, 0.5) is 0 Å². The van der Waals surface area contributed by atoms with Crippen molar-refractivity contribution in [3.8, 4) is 0 Å². The molecule has 94 valence electrons. The highest BCUT2D eigenvalue weighted by atomic mass is 16.5. The molecule has 16 heavy (non-hydrogen) atoms. The molecule has 0 aliphatic carbocycles. The van der Waals surface area contributed by atoms with Gasteiger partial charge in [0.05, 0.1) is 13.7 Å². The van der Waals surface area contributed by atoms with Crippen LogP contribution < -0.4 is 5.32 Å². The first-order valence-electron chi connectivity index (χ1n) is 5.63. The fourth-order valence-electron chi connectivity index (χ4n) is 1.42. The summed E-state index contributed by atoms with van der Waals surface area (Å²) in [4.78, 5) is 11.1. The molecule has 0 spiro atoms. The van der Waals surface area contributed by atoms with E-state index in [0.29, 0.717) is 24.8 Å². The lowest BCUT2D eigenvalue weighted by Gasteiger charge is -2.15. The van der Waals surface area contributed by atoms with Crippen molar-refractivity contribution < 1.29 is 14.3 Å². The van der Waals surface area contributed by atoms with Gasteiger partial charge in [-0.25, -0.2) is 4.79 Å². The molecule has 0 fully saturated rings. The zero-order chi connectivity index (χ0) is 12.4. The SMILES string of the molecule is CCCC(COC)NC/C=C(/C)C(=O)OC. The topological polar surface area (TPSA) is 47.6 Å². The number of esters is 1. The van der Waals surface area contributed by atoms with Crippen molar-refractivity contribution in [2.24, 2.45) is 0 Å². The van der Waals surface area contributed by atoms with Gasteiger partial charge in [0.2, 0.25) is 0 Å². The van der Waals surface area contributed by atoms with Gasteiger partial charge >= 0.3 is 5.97 Å². The van der Waals surface area contributed by atoms with Gasteiger partial charge < -0.3 is 14.8 Å². The summed E-state index contributed by atoms with van der Waals surface area (Å²) in [6.45, 7) is 5.24. The summed E-state index contributed by atoms with van der Waals surface area (Å²) in [7, 11) is 3.08. The summed E-state index contributed by atoms with van der Waals surface area (Å²) < 4.78 is 9.71. The number of hydrogen-bond acceptors (Lipinski definition) is 4. The van der Waals surface area contributed by atoms with E-state index in [0.717, 1.165) is 12.8 Å². The maximum Gasteiger partial charge on any atom is 0.333 e. The molecule has 1 unspecified atom stereocenters. The number of rotatable bonds is 8. The van der Waals surface area contributed by atoms with Crippen molar-refractivity contribution in [3.05, 3.63) is 11.6 Å². The standard InChI is InChI=1S/C12H23NO3/c1-5-6-11(9-15-3)13-8-7-10(2)12(14)16-4/h7,11,13H,5-6,8-9H2,1-4H3/b10-7-. The molecule has 4 heteroatoms. The molecule has 0 aliphatic rings. The highest BCUT2D eigenvalue weighted by Gasteiger charge is 2.06. The Morgan fingerprint density at radius 2 is 2.12 bits per heavy atom. The molecule has 1 N–H and O–H groups in total. The normalized spacial score (nSPS) is 13.6. The molecule has 1 atom stereocenters. The third kappa shape index (κ3) is 6.58. The van der Waals surface area contributed by atoms with Gasteiger partial charge in [0.25, 0.3) is 0 Å². The Hall–Kier alpha value is -0.870. The van der Waals surface area contributed by atoms with E-state index in [-0.39, 0.29) is 5.97 Å². The van der Waals surface area contributed by atoms with Crippen molar-refractivity contribution in [1.29, 1.82) is 0 Å². The fourth-order valence-corrected chi connectivity index (χ4v) is 1.42. The van der Waals surface area contributed by atoms with Crippen LogP contribution in [0.1, 0.15) is 26.7 Å². The van der Waals surface area contributed by atoms with Crippen molar-refractivity contribution in [2.45, 2.75) is 32.7 Å². The molecule has 0 aromatic carbocycles. The average Bonchev–Trinajstić information content (AvgIpc) is 2.28. The molecule has 0 aliphatic heterocycles. The number of carbonyl (C=O) groups is 1. The van der Waals surface area contributed by atoms with Crippen LogP contribution in [0, 0.1) is 0 Å². The Bertz CT molecular complexity index is 220. The third-order valence-electron chi connectivity index (χ3n) is 2.33. The van der Waals surface area contributed by atoms with Crippen LogP contribution in [0.5, 0.6) is 0 Å². The number of carbonyl (C=O) groups excluding carboxylic acids is 1. The molecule has 0 rings (SSSR count). The summed E-state index contributed by atoms with van der Waals surface area (Å²) in [5.74, 6) is -0.277. The molecule has 0 heterocycles. The monoisotopic (exact) mass is 229 g/mol. The van der Waals surface area contributed by atoms with Gasteiger partial charge in [-0.1, -0.05) is 19.4 Å². The molecule has 0 bridgehead atoms. The van der Waals surface area contributed by atoms with Gasteiger partial charge in [0.15, 0.2) is 0 Å². The Balaban J connectivity index is 3.96. The second kappa shape index (κ2) is 9.36. The van der Waals surface area contributed by atoms with E-state index in [1.165, 1.54) is 7.11 Å². The molecule has 0 saturated carbocycles. The average molecular weight is 229 g/mol. The Labute approximate surface area is 98.0 Å². The zero-order valence-corrected chi connectivity index (χ0v) is 10.7. The van der Waals surface area contributed by atoms with Crippen molar-refractivity contribution in [3.63, 3.8) is 0 Å².